The van der Waals surface area contributed by atoms with E-state index in [9.17, 15) is 0 Å². The summed E-state index contributed by atoms with van der Waals surface area (Å²) in [5.74, 6) is 0.590. The van der Waals surface area contributed by atoms with E-state index in [2.05, 4.69) is 65.3 Å². The molecule has 1 unspecified atom stereocenters. The van der Waals surface area contributed by atoms with Gasteiger partial charge >= 0.3 is 0 Å². The fraction of sp³-hybridized carbons (Fsp3) is 0.429. The Hall–Kier alpha value is -1.08. The molecule has 4 rings (SSSR count). The predicted molar refractivity (Wildman–Crippen MR) is 96.4 cm³/mol. The normalized spacial score (nSPS) is 22.7. The smallest absolute Gasteiger partial charge is 0.0175 e. The van der Waals surface area contributed by atoms with Crippen LogP contribution in [0.4, 0.5) is 0 Å². The molecule has 0 aromatic heterocycles. The number of hydrogen-bond donors (Lipinski definition) is 0. The minimum absolute atomic E-state index is 0.510. The molecule has 1 heteroatoms. The maximum atomic E-state index is 3.59. The van der Waals surface area contributed by atoms with Crippen LogP contribution in [0.15, 0.2) is 46.9 Å². The predicted octanol–water partition coefficient (Wildman–Crippen LogP) is 6.40. The quantitative estimate of drug-likeness (QED) is 0.555. The standard InChI is InChI=1S/C21H23Br/c1-15-4-9-19-17(14-15)10-13-21(11-2-3-12-21)20(19)16-5-7-18(22)8-6-16/h4-9,14,20H,2-3,10-13H2,1H3. The lowest BCUT2D eigenvalue weighted by Gasteiger charge is -2.43. The van der Waals surface area contributed by atoms with Crippen molar-refractivity contribution < 1.29 is 0 Å². The zero-order valence-electron chi connectivity index (χ0n) is 13.2. The molecule has 0 bridgehead atoms. The first-order valence-corrected chi connectivity index (χ1v) is 9.32. The molecule has 22 heavy (non-hydrogen) atoms. The molecule has 2 aliphatic rings. The monoisotopic (exact) mass is 354 g/mol. The van der Waals surface area contributed by atoms with Gasteiger partial charge in [0.15, 0.2) is 0 Å². The van der Waals surface area contributed by atoms with E-state index < -0.39 is 0 Å². The highest BCUT2D eigenvalue weighted by molar-refractivity contribution is 9.10. The topological polar surface area (TPSA) is 0 Å². The van der Waals surface area contributed by atoms with Gasteiger partial charge in [-0.05, 0) is 66.8 Å². The Bertz CT molecular complexity index is 678. The van der Waals surface area contributed by atoms with Gasteiger partial charge in [0.2, 0.25) is 0 Å². The fourth-order valence-corrected chi connectivity index (χ4v) is 5.16. The Labute approximate surface area is 142 Å². The van der Waals surface area contributed by atoms with Crippen LogP contribution in [0.5, 0.6) is 0 Å². The summed E-state index contributed by atoms with van der Waals surface area (Å²) in [6, 6.07) is 16.2. The minimum atomic E-state index is 0.510. The molecule has 0 heterocycles. The van der Waals surface area contributed by atoms with Gasteiger partial charge in [0.1, 0.15) is 0 Å². The van der Waals surface area contributed by atoms with Crippen LogP contribution in [0, 0.1) is 12.3 Å². The molecular formula is C21H23Br. The van der Waals surface area contributed by atoms with Crippen molar-refractivity contribution in [1.29, 1.82) is 0 Å². The maximum Gasteiger partial charge on any atom is 0.0175 e. The van der Waals surface area contributed by atoms with Gasteiger partial charge in [0, 0.05) is 10.4 Å². The van der Waals surface area contributed by atoms with Crippen LogP contribution in [0.3, 0.4) is 0 Å². The lowest BCUT2D eigenvalue weighted by molar-refractivity contribution is 0.219. The molecule has 1 saturated carbocycles. The molecular weight excluding hydrogens is 332 g/mol. The summed E-state index contributed by atoms with van der Waals surface area (Å²) in [6.07, 6.45) is 8.26. The summed E-state index contributed by atoms with van der Waals surface area (Å²) in [6.45, 7) is 2.22. The first kappa shape index (κ1) is 14.5. The van der Waals surface area contributed by atoms with Crippen LogP contribution in [-0.4, -0.2) is 0 Å². The van der Waals surface area contributed by atoms with Crippen molar-refractivity contribution in [2.75, 3.05) is 0 Å². The first-order chi connectivity index (χ1) is 10.7. The van der Waals surface area contributed by atoms with E-state index >= 15 is 0 Å². The molecule has 0 amide bonds. The summed E-state index contributed by atoms with van der Waals surface area (Å²) in [4.78, 5) is 0. The van der Waals surface area contributed by atoms with Gasteiger partial charge in [-0.15, -0.1) is 0 Å². The number of hydrogen-bond acceptors (Lipinski definition) is 0. The molecule has 0 aliphatic heterocycles. The van der Waals surface area contributed by atoms with Crippen molar-refractivity contribution in [1.82, 2.24) is 0 Å². The van der Waals surface area contributed by atoms with Crippen molar-refractivity contribution >= 4 is 15.9 Å². The lowest BCUT2D eigenvalue weighted by atomic mass is 9.60. The number of rotatable bonds is 1. The zero-order valence-corrected chi connectivity index (χ0v) is 14.8. The van der Waals surface area contributed by atoms with E-state index in [1.54, 1.807) is 11.1 Å². The third-order valence-electron chi connectivity index (χ3n) is 5.92. The van der Waals surface area contributed by atoms with Crippen molar-refractivity contribution in [3.05, 3.63) is 69.2 Å². The Morgan fingerprint density at radius 3 is 2.41 bits per heavy atom. The molecule has 0 radical (unpaired) electrons. The van der Waals surface area contributed by atoms with Crippen LogP contribution in [0.2, 0.25) is 0 Å². The first-order valence-electron chi connectivity index (χ1n) is 8.53. The number of halogens is 1. The molecule has 0 N–H and O–H groups in total. The van der Waals surface area contributed by atoms with Crippen molar-refractivity contribution in [3.8, 4) is 0 Å². The summed E-state index contributed by atoms with van der Waals surface area (Å²) < 4.78 is 1.18. The molecule has 2 aliphatic carbocycles. The maximum absolute atomic E-state index is 3.59. The highest BCUT2D eigenvalue weighted by Crippen LogP contribution is 2.57. The molecule has 114 valence electrons. The summed E-state index contributed by atoms with van der Waals surface area (Å²) in [7, 11) is 0. The summed E-state index contributed by atoms with van der Waals surface area (Å²) in [5.41, 5.74) is 6.60. The second-order valence-corrected chi connectivity index (χ2v) is 8.17. The van der Waals surface area contributed by atoms with Crippen molar-refractivity contribution in [3.63, 3.8) is 0 Å². The van der Waals surface area contributed by atoms with Gasteiger partial charge in [-0.1, -0.05) is 64.7 Å². The summed E-state index contributed by atoms with van der Waals surface area (Å²) >= 11 is 3.59. The molecule has 0 saturated heterocycles. The van der Waals surface area contributed by atoms with Gasteiger partial charge in [-0.2, -0.15) is 0 Å². The van der Waals surface area contributed by atoms with Gasteiger partial charge in [-0.3, -0.25) is 0 Å². The van der Waals surface area contributed by atoms with Gasteiger partial charge in [-0.25, -0.2) is 0 Å². The van der Waals surface area contributed by atoms with E-state index in [0.717, 1.165) is 0 Å². The molecule has 1 spiro atoms. The fourth-order valence-electron chi connectivity index (χ4n) is 4.90. The molecule has 0 nitrogen and oxygen atoms in total. The average molecular weight is 355 g/mol. The van der Waals surface area contributed by atoms with Crippen LogP contribution in [0.1, 0.15) is 60.3 Å². The van der Waals surface area contributed by atoms with E-state index in [-0.39, 0.29) is 0 Å². The third-order valence-corrected chi connectivity index (χ3v) is 6.45. The van der Waals surface area contributed by atoms with Crippen LogP contribution >= 0.6 is 15.9 Å². The van der Waals surface area contributed by atoms with E-state index in [4.69, 9.17) is 0 Å². The lowest BCUT2D eigenvalue weighted by Crippen LogP contribution is -2.32. The Morgan fingerprint density at radius 2 is 1.68 bits per heavy atom. The van der Waals surface area contributed by atoms with E-state index in [1.165, 1.54) is 54.1 Å². The number of aryl methyl sites for hydroxylation is 2. The van der Waals surface area contributed by atoms with Crippen molar-refractivity contribution in [2.24, 2.45) is 5.41 Å². The van der Waals surface area contributed by atoms with Crippen molar-refractivity contribution in [2.45, 2.75) is 51.4 Å². The number of benzene rings is 2. The van der Waals surface area contributed by atoms with Crippen LogP contribution < -0.4 is 0 Å². The Balaban J connectivity index is 1.87. The van der Waals surface area contributed by atoms with Crippen LogP contribution in [0.25, 0.3) is 0 Å². The molecule has 2 aromatic rings. The van der Waals surface area contributed by atoms with Gasteiger partial charge < -0.3 is 0 Å². The SMILES string of the molecule is Cc1ccc2c(c1)CCC1(CCCC1)C2c1ccc(Br)cc1. The molecule has 1 atom stereocenters. The second-order valence-electron chi connectivity index (χ2n) is 7.26. The highest BCUT2D eigenvalue weighted by Gasteiger charge is 2.45. The third kappa shape index (κ3) is 2.34. The highest BCUT2D eigenvalue weighted by atomic mass is 79.9. The molecule has 2 aromatic carbocycles. The molecule has 1 fully saturated rings. The second kappa shape index (κ2) is 5.53. The summed E-state index contributed by atoms with van der Waals surface area (Å²) in [5, 5.41) is 0. The largest absolute Gasteiger partial charge is 0.0590 e. The average Bonchev–Trinajstić information content (AvgIpc) is 2.98. The van der Waals surface area contributed by atoms with E-state index in [1.807, 2.05) is 0 Å². The Kier molecular flexibility index (Phi) is 3.64. The van der Waals surface area contributed by atoms with Gasteiger partial charge in [0.05, 0.1) is 0 Å². The van der Waals surface area contributed by atoms with E-state index in [0.29, 0.717) is 11.3 Å². The van der Waals surface area contributed by atoms with Gasteiger partial charge in [0.25, 0.3) is 0 Å². The zero-order chi connectivity index (χ0) is 15.2. The number of fused-ring (bicyclic) bond motifs is 1. The minimum Gasteiger partial charge on any atom is -0.0590 e. The Morgan fingerprint density at radius 1 is 0.955 bits per heavy atom. The van der Waals surface area contributed by atoms with Crippen LogP contribution in [-0.2, 0) is 6.42 Å².